The quantitative estimate of drug-likeness (QED) is 0.727. The monoisotopic (exact) mass is 250 g/mol. The molecule has 0 aliphatic rings. The van der Waals surface area contributed by atoms with Gasteiger partial charge >= 0.3 is 0 Å². The van der Waals surface area contributed by atoms with E-state index in [0.717, 1.165) is 11.1 Å². The van der Waals surface area contributed by atoms with Crippen LogP contribution in [0, 0.1) is 0 Å². The average molecular weight is 250 g/mol. The van der Waals surface area contributed by atoms with Crippen LogP contribution in [0.2, 0.25) is 0 Å². The Morgan fingerprint density at radius 3 is 1.33 bits per heavy atom. The van der Waals surface area contributed by atoms with Crippen LogP contribution in [0.15, 0.2) is 25.3 Å². The molecule has 0 aromatic heterocycles. The molecule has 18 heavy (non-hydrogen) atoms. The molecule has 0 saturated carbocycles. The van der Waals surface area contributed by atoms with Crippen molar-refractivity contribution >= 4 is 11.5 Å². The molecule has 1 aromatic rings. The highest BCUT2D eigenvalue weighted by Gasteiger charge is 2.16. The van der Waals surface area contributed by atoms with Gasteiger partial charge in [0.05, 0.1) is 39.6 Å². The van der Waals surface area contributed by atoms with E-state index < -0.39 is 0 Å². The lowest BCUT2D eigenvalue weighted by Gasteiger charge is -2.16. The maximum Gasteiger partial charge on any atom is 0.130 e. The maximum atomic E-state index is 5.31. The molecule has 0 atom stereocenters. The van der Waals surface area contributed by atoms with Crippen LogP contribution in [0.3, 0.4) is 0 Å². The lowest BCUT2D eigenvalue weighted by atomic mass is 10.1. The van der Waals surface area contributed by atoms with Crippen molar-refractivity contribution in [2.24, 2.45) is 0 Å². The minimum Gasteiger partial charge on any atom is -0.497 e. The molecule has 4 nitrogen and oxygen atoms in total. The molecule has 0 fully saturated rings. The third-order valence-corrected chi connectivity index (χ3v) is 2.62. The fraction of sp³-hybridized carbons (Fsp3) is 0.286. The summed E-state index contributed by atoms with van der Waals surface area (Å²) in [6, 6.07) is 3.56. The van der Waals surface area contributed by atoms with Gasteiger partial charge in [-0.3, -0.25) is 0 Å². The van der Waals surface area contributed by atoms with Gasteiger partial charge in [0.1, 0.15) is 23.0 Å². The average Bonchev–Trinajstić information content (AvgIpc) is 2.43. The number of benzene rings is 1. The molecule has 0 aliphatic heterocycles. The Labute approximate surface area is 107 Å². The van der Waals surface area contributed by atoms with E-state index >= 15 is 0 Å². The van der Waals surface area contributed by atoms with E-state index in [1.54, 1.807) is 40.6 Å². The number of rotatable bonds is 6. The first kappa shape index (κ1) is 14.0. The van der Waals surface area contributed by atoms with Crippen molar-refractivity contribution in [3.05, 3.63) is 36.4 Å². The fourth-order valence-electron chi connectivity index (χ4n) is 1.55. The van der Waals surface area contributed by atoms with Gasteiger partial charge < -0.3 is 18.9 Å². The standard InChI is InChI=1S/C14H18O4/c1-9(15-3)11-7-14(18-6)12(10(2)16-4)8-13(11)17-5/h7-8H,1-2H2,3-6H3. The largest absolute Gasteiger partial charge is 0.497 e. The third kappa shape index (κ3) is 2.59. The Kier molecular flexibility index (Phi) is 4.66. The molecular formula is C14H18O4. The Morgan fingerprint density at radius 2 is 1.11 bits per heavy atom. The normalized spacial score (nSPS) is 9.56. The molecule has 4 heteroatoms. The van der Waals surface area contributed by atoms with Crippen molar-refractivity contribution in [1.29, 1.82) is 0 Å². The van der Waals surface area contributed by atoms with E-state index in [1.807, 2.05) is 0 Å². The minimum atomic E-state index is 0.500. The van der Waals surface area contributed by atoms with Crippen LogP contribution in [0.5, 0.6) is 11.5 Å². The van der Waals surface area contributed by atoms with Crippen molar-refractivity contribution in [2.45, 2.75) is 0 Å². The summed E-state index contributed by atoms with van der Waals surface area (Å²) in [4.78, 5) is 0. The predicted octanol–water partition coefficient (Wildman–Crippen LogP) is 2.94. The third-order valence-electron chi connectivity index (χ3n) is 2.62. The van der Waals surface area contributed by atoms with Crippen LogP contribution < -0.4 is 9.47 Å². The second-order valence-electron chi connectivity index (χ2n) is 3.51. The first-order chi connectivity index (χ1) is 8.58. The molecule has 1 rings (SSSR count). The zero-order chi connectivity index (χ0) is 13.7. The van der Waals surface area contributed by atoms with Gasteiger partial charge in [0.25, 0.3) is 0 Å². The highest BCUT2D eigenvalue weighted by Crippen LogP contribution is 2.36. The van der Waals surface area contributed by atoms with Gasteiger partial charge in [0.15, 0.2) is 0 Å². The predicted molar refractivity (Wildman–Crippen MR) is 71.6 cm³/mol. The highest BCUT2D eigenvalue weighted by atomic mass is 16.5. The van der Waals surface area contributed by atoms with Crippen molar-refractivity contribution in [1.82, 2.24) is 0 Å². The first-order valence-corrected chi connectivity index (χ1v) is 5.31. The van der Waals surface area contributed by atoms with Gasteiger partial charge in [-0.1, -0.05) is 13.2 Å². The van der Waals surface area contributed by atoms with Crippen molar-refractivity contribution in [2.75, 3.05) is 28.4 Å². The van der Waals surface area contributed by atoms with Gasteiger partial charge in [-0.15, -0.1) is 0 Å². The molecule has 0 amide bonds. The molecule has 1 aromatic carbocycles. The Morgan fingerprint density at radius 1 is 0.778 bits per heavy atom. The minimum absolute atomic E-state index is 0.500. The van der Waals surface area contributed by atoms with E-state index in [2.05, 4.69) is 13.2 Å². The molecule has 0 bridgehead atoms. The van der Waals surface area contributed by atoms with Crippen LogP contribution in [0.1, 0.15) is 11.1 Å². The molecule has 0 radical (unpaired) electrons. The molecule has 0 unspecified atom stereocenters. The van der Waals surface area contributed by atoms with Gasteiger partial charge in [0.2, 0.25) is 0 Å². The van der Waals surface area contributed by atoms with E-state index in [0.29, 0.717) is 23.0 Å². The molecule has 98 valence electrons. The molecule has 0 spiro atoms. The van der Waals surface area contributed by atoms with Crippen LogP contribution in [0.25, 0.3) is 11.5 Å². The van der Waals surface area contributed by atoms with E-state index in [-0.39, 0.29) is 0 Å². The number of methoxy groups -OCH3 is 4. The van der Waals surface area contributed by atoms with Crippen LogP contribution in [0.4, 0.5) is 0 Å². The number of ether oxygens (including phenoxy) is 4. The van der Waals surface area contributed by atoms with Gasteiger partial charge in [0, 0.05) is 0 Å². The van der Waals surface area contributed by atoms with Crippen LogP contribution in [-0.2, 0) is 9.47 Å². The Hall–Kier alpha value is -2.10. The molecule has 0 aliphatic carbocycles. The molecule has 0 N–H and O–H groups in total. The zero-order valence-electron chi connectivity index (χ0n) is 11.2. The van der Waals surface area contributed by atoms with Crippen molar-refractivity contribution in [3.8, 4) is 11.5 Å². The summed E-state index contributed by atoms with van der Waals surface area (Å²) >= 11 is 0. The van der Waals surface area contributed by atoms with E-state index in [4.69, 9.17) is 18.9 Å². The Bertz CT molecular complexity index is 419. The maximum absolute atomic E-state index is 5.31. The summed E-state index contributed by atoms with van der Waals surface area (Å²) in [5.41, 5.74) is 1.45. The van der Waals surface area contributed by atoms with E-state index in [9.17, 15) is 0 Å². The fourth-order valence-corrected chi connectivity index (χ4v) is 1.55. The summed E-state index contributed by atoms with van der Waals surface area (Å²) in [6.07, 6.45) is 0. The molecule has 0 saturated heterocycles. The highest BCUT2D eigenvalue weighted by molar-refractivity contribution is 5.73. The number of hydrogen-bond acceptors (Lipinski definition) is 4. The first-order valence-electron chi connectivity index (χ1n) is 5.31. The summed E-state index contributed by atoms with van der Waals surface area (Å²) < 4.78 is 20.9. The second-order valence-corrected chi connectivity index (χ2v) is 3.51. The Balaban J connectivity index is 3.41. The molecule has 0 heterocycles. The van der Waals surface area contributed by atoms with Crippen molar-refractivity contribution < 1.29 is 18.9 Å². The zero-order valence-corrected chi connectivity index (χ0v) is 11.2. The summed E-state index contributed by atoms with van der Waals surface area (Å²) in [6.45, 7) is 7.62. The van der Waals surface area contributed by atoms with Gasteiger partial charge in [-0.2, -0.15) is 0 Å². The summed E-state index contributed by atoms with van der Waals surface area (Å²) in [7, 11) is 6.26. The topological polar surface area (TPSA) is 36.9 Å². The van der Waals surface area contributed by atoms with Crippen LogP contribution in [-0.4, -0.2) is 28.4 Å². The number of hydrogen-bond donors (Lipinski definition) is 0. The second kappa shape index (κ2) is 6.00. The summed E-state index contributed by atoms with van der Waals surface area (Å²) in [5.74, 6) is 2.24. The van der Waals surface area contributed by atoms with E-state index in [1.165, 1.54) is 0 Å². The van der Waals surface area contributed by atoms with Crippen LogP contribution >= 0.6 is 0 Å². The SMILES string of the molecule is C=C(OC)c1cc(OC)c(C(=C)OC)cc1OC. The lowest BCUT2D eigenvalue weighted by molar-refractivity contribution is 0.355. The van der Waals surface area contributed by atoms with Crippen molar-refractivity contribution in [3.63, 3.8) is 0 Å². The van der Waals surface area contributed by atoms with Gasteiger partial charge in [-0.25, -0.2) is 0 Å². The summed E-state index contributed by atoms with van der Waals surface area (Å²) in [5, 5.41) is 0. The lowest BCUT2D eigenvalue weighted by Crippen LogP contribution is -1.99. The van der Waals surface area contributed by atoms with Gasteiger partial charge in [-0.05, 0) is 12.1 Å². The molecular weight excluding hydrogens is 232 g/mol. The smallest absolute Gasteiger partial charge is 0.130 e.